The standard InChI is InChI=1S/C13H23N5O2/c1-9(2)15-8-11-16-17-13(20-11)18-7-5-4-6-10(18)12(19)14-3/h9-10,15H,4-8H2,1-3H3,(H,14,19). The third-order valence-corrected chi connectivity index (χ3v) is 3.42. The molecule has 2 N–H and O–H groups in total. The molecular formula is C13H23N5O2. The zero-order chi connectivity index (χ0) is 14.5. The maximum absolute atomic E-state index is 11.9. The molecule has 1 fully saturated rings. The number of likely N-dealkylation sites (N-methyl/N-ethyl adjacent to an activating group) is 1. The van der Waals surface area contributed by atoms with Crippen LogP contribution in [0.1, 0.15) is 39.0 Å². The van der Waals surface area contributed by atoms with E-state index in [1.54, 1.807) is 7.05 Å². The molecule has 20 heavy (non-hydrogen) atoms. The predicted octanol–water partition coefficient (Wildman–Crippen LogP) is 0.672. The van der Waals surface area contributed by atoms with Crippen molar-refractivity contribution in [2.75, 3.05) is 18.5 Å². The van der Waals surface area contributed by atoms with Gasteiger partial charge >= 0.3 is 6.01 Å². The highest BCUT2D eigenvalue weighted by Gasteiger charge is 2.31. The van der Waals surface area contributed by atoms with Crippen molar-refractivity contribution in [3.8, 4) is 0 Å². The average Bonchev–Trinajstić information content (AvgIpc) is 2.93. The summed E-state index contributed by atoms with van der Waals surface area (Å²) in [5, 5.41) is 14.0. The number of rotatable bonds is 5. The highest BCUT2D eigenvalue weighted by atomic mass is 16.4. The minimum atomic E-state index is -0.208. The van der Waals surface area contributed by atoms with Crippen LogP contribution in [0.3, 0.4) is 0 Å². The number of anilines is 1. The number of carbonyl (C=O) groups is 1. The van der Waals surface area contributed by atoms with Gasteiger partial charge in [-0.3, -0.25) is 4.79 Å². The molecule has 0 saturated carbocycles. The van der Waals surface area contributed by atoms with Crippen LogP contribution in [-0.4, -0.2) is 41.8 Å². The zero-order valence-electron chi connectivity index (χ0n) is 12.3. The van der Waals surface area contributed by atoms with E-state index in [0.717, 1.165) is 25.8 Å². The highest BCUT2D eigenvalue weighted by molar-refractivity contribution is 5.84. The first-order chi connectivity index (χ1) is 9.61. The Hall–Kier alpha value is -1.63. The first-order valence-corrected chi connectivity index (χ1v) is 7.16. The Morgan fingerprint density at radius 1 is 1.45 bits per heavy atom. The van der Waals surface area contributed by atoms with E-state index in [4.69, 9.17) is 4.42 Å². The third-order valence-electron chi connectivity index (χ3n) is 3.42. The van der Waals surface area contributed by atoms with Crippen LogP contribution in [-0.2, 0) is 11.3 Å². The lowest BCUT2D eigenvalue weighted by atomic mass is 10.0. The molecule has 1 aromatic heterocycles. The summed E-state index contributed by atoms with van der Waals surface area (Å²) in [6.45, 7) is 5.44. The number of amides is 1. The van der Waals surface area contributed by atoms with E-state index in [-0.39, 0.29) is 11.9 Å². The van der Waals surface area contributed by atoms with Gasteiger partial charge in [0.25, 0.3) is 0 Å². The van der Waals surface area contributed by atoms with E-state index >= 15 is 0 Å². The fourth-order valence-corrected chi connectivity index (χ4v) is 2.32. The van der Waals surface area contributed by atoms with Crippen LogP contribution in [0.4, 0.5) is 6.01 Å². The summed E-state index contributed by atoms with van der Waals surface area (Å²) in [5.74, 6) is 0.555. The molecule has 1 unspecified atom stereocenters. The van der Waals surface area contributed by atoms with Gasteiger partial charge in [0.2, 0.25) is 11.8 Å². The van der Waals surface area contributed by atoms with Gasteiger partial charge in [-0.25, -0.2) is 0 Å². The van der Waals surface area contributed by atoms with Crippen molar-refractivity contribution in [3.05, 3.63) is 5.89 Å². The number of piperidine rings is 1. The molecule has 1 aliphatic rings. The van der Waals surface area contributed by atoms with Crippen LogP contribution < -0.4 is 15.5 Å². The highest BCUT2D eigenvalue weighted by Crippen LogP contribution is 2.23. The quantitative estimate of drug-likeness (QED) is 0.825. The van der Waals surface area contributed by atoms with E-state index in [1.807, 2.05) is 4.90 Å². The number of carbonyl (C=O) groups excluding carboxylic acids is 1. The number of nitrogens with one attached hydrogen (secondary N) is 2. The van der Waals surface area contributed by atoms with Crippen molar-refractivity contribution in [2.45, 2.75) is 51.7 Å². The SMILES string of the molecule is CNC(=O)C1CCCCN1c1nnc(CNC(C)C)o1. The summed E-state index contributed by atoms with van der Waals surface area (Å²) in [4.78, 5) is 13.8. The van der Waals surface area contributed by atoms with Crippen molar-refractivity contribution in [2.24, 2.45) is 0 Å². The minimum absolute atomic E-state index is 0.00440. The molecule has 0 aromatic carbocycles. The lowest BCUT2D eigenvalue weighted by molar-refractivity contribution is -0.122. The fraction of sp³-hybridized carbons (Fsp3) is 0.769. The number of hydrogen-bond donors (Lipinski definition) is 2. The summed E-state index contributed by atoms with van der Waals surface area (Å²) < 4.78 is 5.66. The molecule has 2 heterocycles. The van der Waals surface area contributed by atoms with Crippen molar-refractivity contribution in [1.29, 1.82) is 0 Å². The molecule has 0 bridgehead atoms. The summed E-state index contributed by atoms with van der Waals surface area (Å²) in [5.41, 5.74) is 0. The molecule has 0 radical (unpaired) electrons. The lowest BCUT2D eigenvalue weighted by Gasteiger charge is -2.32. The van der Waals surface area contributed by atoms with Gasteiger partial charge < -0.3 is 20.0 Å². The van der Waals surface area contributed by atoms with Crippen molar-refractivity contribution < 1.29 is 9.21 Å². The molecule has 112 valence electrons. The van der Waals surface area contributed by atoms with Gasteiger partial charge in [0.05, 0.1) is 6.54 Å². The Balaban J connectivity index is 2.06. The molecule has 0 spiro atoms. The van der Waals surface area contributed by atoms with Crippen LogP contribution in [0.25, 0.3) is 0 Å². The van der Waals surface area contributed by atoms with Crippen LogP contribution >= 0.6 is 0 Å². The van der Waals surface area contributed by atoms with E-state index in [2.05, 4.69) is 34.7 Å². The first kappa shape index (κ1) is 14.8. The fourth-order valence-electron chi connectivity index (χ4n) is 2.32. The molecule has 1 aromatic rings. The second-order valence-electron chi connectivity index (χ2n) is 5.33. The van der Waals surface area contributed by atoms with E-state index in [9.17, 15) is 4.79 Å². The van der Waals surface area contributed by atoms with Crippen LogP contribution in [0.5, 0.6) is 0 Å². The maximum Gasteiger partial charge on any atom is 0.318 e. The summed E-state index contributed by atoms with van der Waals surface area (Å²) in [6.07, 6.45) is 2.90. The normalized spacial score (nSPS) is 19.4. The lowest BCUT2D eigenvalue weighted by Crippen LogP contribution is -2.49. The molecule has 1 amide bonds. The average molecular weight is 281 g/mol. The summed E-state index contributed by atoms with van der Waals surface area (Å²) in [6, 6.07) is 0.595. The number of nitrogens with zero attached hydrogens (tertiary/aromatic N) is 3. The molecule has 1 saturated heterocycles. The number of hydrogen-bond acceptors (Lipinski definition) is 6. The largest absolute Gasteiger partial charge is 0.407 e. The Labute approximate surface area is 119 Å². The molecule has 2 rings (SSSR count). The van der Waals surface area contributed by atoms with E-state index in [0.29, 0.717) is 24.5 Å². The Morgan fingerprint density at radius 2 is 2.25 bits per heavy atom. The molecule has 7 nitrogen and oxygen atoms in total. The van der Waals surface area contributed by atoms with Gasteiger partial charge in [0.15, 0.2) is 0 Å². The Morgan fingerprint density at radius 3 is 2.95 bits per heavy atom. The van der Waals surface area contributed by atoms with Gasteiger partial charge in [0, 0.05) is 19.6 Å². The topological polar surface area (TPSA) is 83.3 Å². The summed E-state index contributed by atoms with van der Waals surface area (Å²) >= 11 is 0. The molecular weight excluding hydrogens is 258 g/mol. The van der Waals surface area contributed by atoms with Gasteiger partial charge in [-0.05, 0) is 19.3 Å². The second kappa shape index (κ2) is 6.69. The second-order valence-corrected chi connectivity index (χ2v) is 5.33. The minimum Gasteiger partial charge on any atom is -0.407 e. The monoisotopic (exact) mass is 281 g/mol. The maximum atomic E-state index is 11.9. The van der Waals surface area contributed by atoms with Crippen LogP contribution in [0.15, 0.2) is 4.42 Å². The van der Waals surface area contributed by atoms with E-state index < -0.39 is 0 Å². The van der Waals surface area contributed by atoms with Crippen molar-refractivity contribution in [3.63, 3.8) is 0 Å². The Kier molecular flexibility index (Phi) is 4.94. The van der Waals surface area contributed by atoms with Gasteiger partial charge in [-0.2, -0.15) is 0 Å². The third kappa shape index (κ3) is 3.47. The molecule has 0 aliphatic carbocycles. The van der Waals surface area contributed by atoms with Crippen LogP contribution in [0.2, 0.25) is 0 Å². The molecule has 7 heteroatoms. The predicted molar refractivity (Wildman–Crippen MR) is 75.3 cm³/mol. The number of aromatic nitrogens is 2. The van der Waals surface area contributed by atoms with Gasteiger partial charge in [0.1, 0.15) is 6.04 Å². The van der Waals surface area contributed by atoms with Gasteiger partial charge in [-0.15, -0.1) is 5.10 Å². The summed E-state index contributed by atoms with van der Waals surface area (Å²) in [7, 11) is 1.65. The zero-order valence-corrected chi connectivity index (χ0v) is 12.3. The van der Waals surface area contributed by atoms with Crippen molar-refractivity contribution >= 4 is 11.9 Å². The molecule has 1 aliphatic heterocycles. The van der Waals surface area contributed by atoms with Crippen LogP contribution in [0, 0.1) is 0 Å². The van der Waals surface area contributed by atoms with E-state index in [1.165, 1.54) is 0 Å². The first-order valence-electron chi connectivity index (χ1n) is 7.16. The van der Waals surface area contributed by atoms with Gasteiger partial charge in [-0.1, -0.05) is 18.9 Å². The molecule has 1 atom stereocenters. The van der Waals surface area contributed by atoms with Crippen molar-refractivity contribution in [1.82, 2.24) is 20.8 Å². The Bertz CT molecular complexity index is 446. The smallest absolute Gasteiger partial charge is 0.318 e.